The Hall–Kier alpha value is -0.650. The Morgan fingerprint density at radius 2 is 2.15 bits per heavy atom. The molecule has 110 valence electrons. The van der Waals surface area contributed by atoms with Crippen LogP contribution in [0.15, 0.2) is 22.7 Å². The predicted molar refractivity (Wildman–Crippen MR) is 93.6 cm³/mol. The van der Waals surface area contributed by atoms with E-state index in [0.717, 1.165) is 41.9 Å². The van der Waals surface area contributed by atoms with Crippen LogP contribution in [0.2, 0.25) is 0 Å². The highest BCUT2D eigenvalue weighted by Crippen LogP contribution is 2.28. The van der Waals surface area contributed by atoms with E-state index in [4.69, 9.17) is 18.0 Å². The van der Waals surface area contributed by atoms with E-state index in [-0.39, 0.29) is 0 Å². The fourth-order valence-electron chi connectivity index (χ4n) is 2.98. The van der Waals surface area contributed by atoms with Crippen molar-refractivity contribution in [3.05, 3.63) is 28.2 Å². The molecule has 0 saturated carbocycles. The van der Waals surface area contributed by atoms with Crippen LogP contribution in [0.25, 0.3) is 0 Å². The molecule has 1 unspecified atom stereocenters. The summed E-state index contributed by atoms with van der Waals surface area (Å²) < 4.78 is 1.02. The van der Waals surface area contributed by atoms with E-state index >= 15 is 0 Å². The van der Waals surface area contributed by atoms with E-state index < -0.39 is 0 Å². The second-order valence-corrected chi connectivity index (χ2v) is 6.49. The van der Waals surface area contributed by atoms with Crippen molar-refractivity contribution >= 4 is 38.8 Å². The molecule has 0 aliphatic carbocycles. The molecule has 0 aromatic heterocycles. The van der Waals surface area contributed by atoms with Crippen molar-refractivity contribution in [3.63, 3.8) is 0 Å². The monoisotopic (exact) mass is 355 g/mol. The lowest BCUT2D eigenvalue weighted by atomic mass is 10.1. The van der Waals surface area contributed by atoms with Crippen LogP contribution in [0.3, 0.4) is 0 Å². The molecule has 0 spiro atoms. The van der Waals surface area contributed by atoms with Gasteiger partial charge < -0.3 is 10.6 Å². The Labute approximate surface area is 135 Å². The fourth-order valence-corrected chi connectivity index (χ4v) is 3.50. The van der Waals surface area contributed by atoms with Gasteiger partial charge in [0.1, 0.15) is 4.99 Å². The molecular weight excluding hydrogens is 334 g/mol. The van der Waals surface area contributed by atoms with E-state index in [9.17, 15) is 0 Å². The van der Waals surface area contributed by atoms with Gasteiger partial charge >= 0.3 is 0 Å². The predicted octanol–water partition coefficient (Wildman–Crippen LogP) is 3.00. The summed E-state index contributed by atoms with van der Waals surface area (Å²) in [6.45, 7) is 8.80. The van der Waals surface area contributed by atoms with Crippen molar-refractivity contribution in [3.8, 4) is 0 Å². The summed E-state index contributed by atoms with van der Waals surface area (Å²) in [5.41, 5.74) is 8.00. The van der Waals surface area contributed by atoms with Crippen LogP contribution in [0.5, 0.6) is 0 Å². The van der Waals surface area contributed by atoms with E-state index in [1.54, 1.807) is 0 Å². The van der Waals surface area contributed by atoms with Crippen molar-refractivity contribution < 1.29 is 0 Å². The summed E-state index contributed by atoms with van der Waals surface area (Å²) in [6, 6.07) is 6.82. The number of nitrogens with two attached hydrogens (primary N) is 1. The van der Waals surface area contributed by atoms with Crippen LogP contribution in [0.4, 0.5) is 5.69 Å². The Kier molecular flexibility index (Phi) is 5.41. The Bertz CT molecular complexity index is 488. The van der Waals surface area contributed by atoms with Gasteiger partial charge in [0.15, 0.2) is 0 Å². The second kappa shape index (κ2) is 6.87. The average molecular weight is 356 g/mol. The summed E-state index contributed by atoms with van der Waals surface area (Å²) in [7, 11) is 0. The molecule has 20 heavy (non-hydrogen) atoms. The molecule has 2 rings (SSSR count). The number of benzene rings is 1. The van der Waals surface area contributed by atoms with Crippen LogP contribution in [-0.2, 0) is 0 Å². The van der Waals surface area contributed by atoms with Gasteiger partial charge in [0.2, 0.25) is 0 Å². The minimum absolute atomic E-state index is 0.465. The minimum atomic E-state index is 0.465. The third-order valence-electron chi connectivity index (χ3n) is 4.06. The first-order valence-electron chi connectivity index (χ1n) is 7.15. The number of halogens is 1. The largest absolute Gasteiger partial charge is 0.389 e. The van der Waals surface area contributed by atoms with Crippen molar-refractivity contribution in [2.24, 2.45) is 5.73 Å². The summed E-state index contributed by atoms with van der Waals surface area (Å²) in [6.07, 6.45) is 1.20. The number of anilines is 1. The highest BCUT2D eigenvalue weighted by Gasteiger charge is 2.27. The minimum Gasteiger partial charge on any atom is -0.389 e. The number of hydrogen-bond donors (Lipinski definition) is 1. The number of thiocarbonyl (C=S) groups is 1. The standard InChI is InChI=1S/C15H22BrN3S/c1-3-18(4-2)12-7-8-19(10-12)14-6-5-11(16)9-13(14)15(17)20/h5-6,9,12H,3-4,7-8,10H2,1-2H3,(H2,17,20). The zero-order chi connectivity index (χ0) is 14.7. The van der Waals surface area contributed by atoms with Gasteiger partial charge in [0, 0.05) is 34.9 Å². The molecule has 1 atom stereocenters. The van der Waals surface area contributed by atoms with E-state index in [2.05, 4.69) is 51.7 Å². The molecule has 0 bridgehead atoms. The maximum atomic E-state index is 5.87. The van der Waals surface area contributed by atoms with Crippen LogP contribution < -0.4 is 10.6 Å². The number of nitrogens with zero attached hydrogens (tertiary/aromatic N) is 2. The molecule has 3 nitrogen and oxygen atoms in total. The summed E-state index contributed by atoms with van der Waals surface area (Å²) in [4.78, 5) is 5.40. The summed E-state index contributed by atoms with van der Waals surface area (Å²) in [5.74, 6) is 0. The van der Waals surface area contributed by atoms with Crippen molar-refractivity contribution in [2.45, 2.75) is 26.3 Å². The Morgan fingerprint density at radius 1 is 1.45 bits per heavy atom. The summed E-state index contributed by atoms with van der Waals surface area (Å²) >= 11 is 8.68. The first-order valence-corrected chi connectivity index (χ1v) is 8.35. The van der Waals surface area contributed by atoms with E-state index in [0.29, 0.717) is 11.0 Å². The molecule has 1 heterocycles. The van der Waals surface area contributed by atoms with Gasteiger partial charge in [0.05, 0.1) is 0 Å². The highest BCUT2D eigenvalue weighted by molar-refractivity contribution is 9.10. The SMILES string of the molecule is CCN(CC)C1CCN(c2ccc(Br)cc2C(N)=S)C1. The van der Waals surface area contributed by atoms with Crippen molar-refractivity contribution in [1.29, 1.82) is 0 Å². The normalized spacial score (nSPS) is 18.8. The first-order chi connectivity index (χ1) is 9.56. The second-order valence-electron chi connectivity index (χ2n) is 5.14. The molecule has 5 heteroatoms. The molecular formula is C15H22BrN3S. The van der Waals surface area contributed by atoms with Crippen LogP contribution in [0.1, 0.15) is 25.8 Å². The van der Waals surface area contributed by atoms with E-state index in [1.165, 1.54) is 6.42 Å². The molecule has 1 aliphatic rings. The molecule has 0 radical (unpaired) electrons. The van der Waals surface area contributed by atoms with Gasteiger partial charge in [-0.2, -0.15) is 0 Å². The first kappa shape index (κ1) is 15.7. The number of rotatable bonds is 5. The van der Waals surface area contributed by atoms with Gasteiger partial charge in [-0.3, -0.25) is 4.90 Å². The van der Waals surface area contributed by atoms with Gasteiger partial charge in [-0.1, -0.05) is 42.0 Å². The highest BCUT2D eigenvalue weighted by atomic mass is 79.9. The van der Waals surface area contributed by atoms with Crippen molar-refractivity contribution in [1.82, 2.24) is 4.90 Å². The average Bonchev–Trinajstić information content (AvgIpc) is 2.89. The lowest BCUT2D eigenvalue weighted by molar-refractivity contribution is 0.232. The van der Waals surface area contributed by atoms with Gasteiger partial charge in [-0.15, -0.1) is 0 Å². The molecule has 0 amide bonds. The molecule has 2 N–H and O–H groups in total. The fraction of sp³-hybridized carbons (Fsp3) is 0.533. The maximum Gasteiger partial charge on any atom is 0.106 e. The molecule has 1 fully saturated rings. The topological polar surface area (TPSA) is 32.5 Å². The maximum absolute atomic E-state index is 5.87. The quantitative estimate of drug-likeness (QED) is 0.823. The molecule has 1 aliphatic heterocycles. The Morgan fingerprint density at radius 3 is 2.75 bits per heavy atom. The lowest BCUT2D eigenvalue weighted by Gasteiger charge is -2.27. The zero-order valence-corrected chi connectivity index (χ0v) is 14.5. The smallest absolute Gasteiger partial charge is 0.106 e. The van der Waals surface area contributed by atoms with Gasteiger partial charge in [0.25, 0.3) is 0 Å². The molecule has 1 aromatic rings. The van der Waals surface area contributed by atoms with Crippen LogP contribution >= 0.6 is 28.1 Å². The lowest BCUT2D eigenvalue weighted by Crippen LogP contribution is -2.37. The third-order valence-corrected chi connectivity index (χ3v) is 4.77. The number of hydrogen-bond acceptors (Lipinski definition) is 3. The van der Waals surface area contributed by atoms with Crippen molar-refractivity contribution in [2.75, 3.05) is 31.1 Å². The molecule has 1 aromatic carbocycles. The number of likely N-dealkylation sites (N-methyl/N-ethyl adjacent to an activating group) is 1. The van der Waals surface area contributed by atoms with Gasteiger partial charge in [-0.05, 0) is 37.7 Å². The third kappa shape index (κ3) is 3.32. The van der Waals surface area contributed by atoms with Crippen LogP contribution in [0, 0.1) is 0 Å². The van der Waals surface area contributed by atoms with Gasteiger partial charge in [-0.25, -0.2) is 0 Å². The van der Waals surface area contributed by atoms with Crippen LogP contribution in [-0.4, -0.2) is 42.1 Å². The molecule has 1 saturated heterocycles. The van der Waals surface area contributed by atoms with E-state index in [1.807, 2.05) is 6.07 Å². The Balaban J connectivity index is 2.20. The summed E-state index contributed by atoms with van der Waals surface area (Å²) in [5, 5.41) is 0. The zero-order valence-electron chi connectivity index (χ0n) is 12.1.